The van der Waals surface area contributed by atoms with Gasteiger partial charge in [0.15, 0.2) is 0 Å². The number of nitrogens with two attached hydrogens (primary N) is 1. The van der Waals surface area contributed by atoms with E-state index in [2.05, 4.69) is 10.3 Å². The lowest BCUT2D eigenvalue weighted by molar-refractivity contribution is -0.122. The van der Waals surface area contributed by atoms with Crippen molar-refractivity contribution in [1.29, 1.82) is 0 Å². The van der Waals surface area contributed by atoms with Crippen LogP contribution in [-0.4, -0.2) is 16.9 Å². The highest BCUT2D eigenvalue weighted by Gasteiger charge is 2.13. The highest BCUT2D eigenvalue weighted by Crippen LogP contribution is 2.02. The summed E-state index contributed by atoms with van der Waals surface area (Å²) in [4.78, 5) is 14.7. The van der Waals surface area contributed by atoms with E-state index in [9.17, 15) is 4.79 Å². The van der Waals surface area contributed by atoms with Gasteiger partial charge in [0.1, 0.15) is 0 Å². The molecule has 0 aliphatic heterocycles. The number of benzene rings is 1. The predicted molar refractivity (Wildman–Crippen MR) is 70.8 cm³/mol. The highest BCUT2D eigenvalue weighted by atomic mass is 16.2. The quantitative estimate of drug-likeness (QED) is 0.738. The average Bonchev–Trinajstić information content (AvgIpc) is 2.90. The van der Waals surface area contributed by atoms with Crippen LogP contribution in [0.15, 0.2) is 48.8 Å². The number of nitrogens with one attached hydrogen (secondary N) is 2. The lowest BCUT2D eigenvalue weighted by atomic mass is 10.1. The minimum Gasteiger partial charge on any atom is -0.367 e. The SMILES string of the molecule is N[C@@H](Cc1ccccc1)C(=O)NCc1cc[nH]c1. The molecule has 0 saturated carbocycles. The van der Waals surface area contributed by atoms with Gasteiger partial charge in [-0.05, 0) is 23.6 Å². The third kappa shape index (κ3) is 3.46. The van der Waals surface area contributed by atoms with Crippen molar-refractivity contribution in [2.24, 2.45) is 5.73 Å². The second kappa shape index (κ2) is 6.02. The summed E-state index contributed by atoms with van der Waals surface area (Å²) in [5.74, 6) is -0.125. The van der Waals surface area contributed by atoms with E-state index in [4.69, 9.17) is 5.73 Å². The zero-order valence-electron chi connectivity index (χ0n) is 10.1. The van der Waals surface area contributed by atoms with Crippen LogP contribution in [0.3, 0.4) is 0 Å². The number of aromatic amines is 1. The van der Waals surface area contributed by atoms with E-state index >= 15 is 0 Å². The van der Waals surface area contributed by atoms with E-state index in [0.717, 1.165) is 11.1 Å². The number of aromatic nitrogens is 1. The fourth-order valence-corrected chi connectivity index (χ4v) is 1.75. The van der Waals surface area contributed by atoms with Gasteiger partial charge in [0, 0.05) is 18.9 Å². The van der Waals surface area contributed by atoms with Crippen LogP contribution in [0.1, 0.15) is 11.1 Å². The van der Waals surface area contributed by atoms with Gasteiger partial charge in [-0.15, -0.1) is 0 Å². The third-order valence-electron chi connectivity index (χ3n) is 2.76. The molecule has 2 rings (SSSR count). The molecule has 4 N–H and O–H groups in total. The number of hydrogen-bond acceptors (Lipinski definition) is 2. The molecule has 1 atom stereocenters. The second-order valence-corrected chi connectivity index (χ2v) is 4.23. The van der Waals surface area contributed by atoms with Crippen LogP contribution in [0.5, 0.6) is 0 Å². The summed E-state index contributed by atoms with van der Waals surface area (Å²) in [6.45, 7) is 0.505. The minimum absolute atomic E-state index is 0.125. The van der Waals surface area contributed by atoms with Crippen LogP contribution in [0, 0.1) is 0 Å². The fourth-order valence-electron chi connectivity index (χ4n) is 1.75. The molecule has 1 amide bonds. The molecule has 4 nitrogen and oxygen atoms in total. The highest BCUT2D eigenvalue weighted by molar-refractivity contribution is 5.81. The molecule has 18 heavy (non-hydrogen) atoms. The molecular formula is C14H17N3O. The van der Waals surface area contributed by atoms with Gasteiger partial charge >= 0.3 is 0 Å². The van der Waals surface area contributed by atoms with E-state index in [0.29, 0.717) is 13.0 Å². The lowest BCUT2D eigenvalue weighted by Crippen LogP contribution is -2.41. The third-order valence-corrected chi connectivity index (χ3v) is 2.76. The number of amides is 1. The van der Waals surface area contributed by atoms with E-state index in [1.54, 1.807) is 0 Å². The largest absolute Gasteiger partial charge is 0.367 e. The van der Waals surface area contributed by atoms with E-state index in [-0.39, 0.29) is 5.91 Å². The van der Waals surface area contributed by atoms with Crippen LogP contribution in [0.4, 0.5) is 0 Å². The van der Waals surface area contributed by atoms with Gasteiger partial charge in [-0.1, -0.05) is 30.3 Å². The van der Waals surface area contributed by atoms with Gasteiger partial charge in [0.25, 0.3) is 0 Å². The first-order valence-corrected chi connectivity index (χ1v) is 5.94. The summed E-state index contributed by atoms with van der Waals surface area (Å²) in [5, 5.41) is 2.82. The molecule has 0 bridgehead atoms. The Hall–Kier alpha value is -2.07. The van der Waals surface area contributed by atoms with Crippen LogP contribution < -0.4 is 11.1 Å². The Morgan fingerprint density at radius 2 is 2.00 bits per heavy atom. The normalized spacial score (nSPS) is 12.1. The first-order chi connectivity index (χ1) is 8.75. The number of H-pyrrole nitrogens is 1. The molecule has 0 unspecified atom stereocenters. The molecule has 0 radical (unpaired) electrons. The Morgan fingerprint density at radius 3 is 2.67 bits per heavy atom. The maximum Gasteiger partial charge on any atom is 0.237 e. The second-order valence-electron chi connectivity index (χ2n) is 4.23. The van der Waals surface area contributed by atoms with Crippen molar-refractivity contribution in [3.8, 4) is 0 Å². The number of carbonyl (C=O) groups is 1. The first-order valence-electron chi connectivity index (χ1n) is 5.94. The fraction of sp³-hybridized carbons (Fsp3) is 0.214. The van der Waals surface area contributed by atoms with E-state index < -0.39 is 6.04 Å². The molecule has 1 aromatic heterocycles. The van der Waals surface area contributed by atoms with Crippen molar-refractivity contribution in [2.75, 3.05) is 0 Å². The molecule has 2 aromatic rings. The minimum atomic E-state index is -0.508. The summed E-state index contributed by atoms with van der Waals surface area (Å²) in [7, 11) is 0. The van der Waals surface area contributed by atoms with Crippen LogP contribution in [0.25, 0.3) is 0 Å². The van der Waals surface area contributed by atoms with Crippen molar-refractivity contribution in [1.82, 2.24) is 10.3 Å². The van der Waals surface area contributed by atoms with Gasteiger partial charge in [0.05, 0.1) is 6.04 Å². The van der Waals surface area contributed by atoms with E-state index in [1.165, 1.54) is 0 Å². The number of hydrogen-bond donors (Lipinski definition) is 3. The van der Waals surface area contributed by atoms with Crippen molar-refractivity contribution in [3.63, 3.8) is 0 Å². The molecule has 1 aromatic carbocycles. The van der Waals surface area contributed by atoms with Gasteiger partial charge in [0.2, 0.25) is 5.91 Å². The zero-order valence-corrected chi connectivity index (χ0v) is 10.1. The molecule has 0 aliphatic rings. The van der Waals surface area contributed by atoms with E-state index in [1.807, 2.05) is 48.8 Å². The first kappa shape index (κ1) is 12.4. The molecule has 0 aliphatic carbocycles. The van der Waals surface area contributed by atoms with Crippen LogP contribution >= 0.6 is 0 Å². The van der Waals surface area contributed by atoms with Gasteiger partial charge in [-0.3, -0.25) is 4.79 Å². The molecule has 94 valence electrons. The summed E-state index contributed by atoms with van der Waals surface area (Å²) in [5.41, 5.74) is 7.98. The van der Waals surface area contributed by atoms with Gasteiger partial charge < -0.3 is 16.0 Å². The summed E-state index contributed by atoms with van der Waals surface area (Å²) in [6.07, 6.45) is 4.23. The Bertz CT molecular complexity index is 479. The molecule has 0 saturated heterocycles. The van der Waals surface area contributed by atoms with Crippen molar-refractivity contribution in [2.45, 2.75) is 19.0 Å². The maximum absolute atomic E-state index is 11.8. The predicted octanol–water partition coefficient (Wildman–Crippen LogP) is 1.20. The Morgan fingerprint density at radius 1 is 1.22 bits per heavy atom. The standard InChI is InChI=1S/C14H17N3O/c15-13(8-11-4-2-1-3-5-11)14(18)17-10-12-6-7-16-9-12/h1-7,9,13,16H,8,10,15H2,(H,17,18)/t13-/m0/s1. The Labute approximate surface area is 106 Å². The van der Waals surface area contributed by atoms with Crippen molar-refractivity contribution >= 4 is 5.91 Å². The van der Waals surface area contributed by atoms with Crippen LogP contribution in [-0.2, 0) is 17.8 Å². The molecule has 4 heteroatoms. The topological polar surface area (TPSA) is 70.9 Å². The Kier molecular flexibility index (Phi) is 4.15. The molecular weight excluding hydrogens is 226 g/mol. The summed E-state index contributed by atoms with van der Waals surface area (Å²) in [6, 6.07) is 11.2. The maximum atomic E-state index is 11.8. The molecule has 0 spiro atoms. The summed E-state index contributed by atoms with van der Waals surface area (Å²) < 4.78 is 0. The number of carbonyl (C=O) groups excluding carboxylic acids is 1. The van der Waals surface area contributed by atoms with Crippen molar-refractivity contribution in [3.05, 3.63) is 59.9 Å². The van der Waals surface area contributed by atoms with Gasteiger partial charge in [-0.25, -0.2) is 0 Å². The van der Waals surface area contributed by atoms with Crippen LogP contribution in [0.2, 0.25) is 0 Å². The summed E-state index contributed by atoms with van der Waals surface area (Å²) >= 11 is 0. The zero-order chi connectivity index (χ0) is 12.8. The Balaban J connectivity index is 1.82. The average molecular weight is 243 g/mol. The van der Waals surface area contributed by atoms with Crippen molar-refractivity contribution < 1.29 is 4.79 Å². The number of rotatable bonds is 5. The smallest absolute Gasteiger partial charge is 0.237 e. The lowest BCUT2D eigenvalue weighted by Gasteiger charge is -2.11. The molecule has 1 heterocycles. The monoisotopic (exact) mass is 243 g/mol. The van der Waals surface area contributed by atoms with Gasteiger partial charge in [-0.2, -0.15) is 0 Å². The molecule has 0 fully saturated rings.